The van der Waals surface area contributed by atoms with Crippen LogP contribution in [0.1, 0.15) is 73.1 Å². The molecule has 0 heterocycles. The van der Waals surface area contributed by atoms with Crippen LogP contribution >= 0.6 is 0 Å². The van der Waals surface area contributed by atoms with E-state index in [9.17, 15) is 0 Å². The Labute approximate surface area is 109 Å². The van der Waals surface area contributed by atoms with Crippen LogP contribution in [0.25, 0.3) is 0 Å². The van der Waals surface area contributed by atoms with Crippen LogP contribution in [-0.2, 0) is 0 Å². The molecule has 0 bridgehead atoms. The van der Waals surface area contributed by atoms with Gasteiger partial charge in [-0.15, -0.1) is 0 Å². The van der Waals surface area contributed by atoms with Gasteiger partial charge in [0.1, 0.15) is 0 Å². The Morgan fingerprint density at radius 1 is 1.12 bits per heavy atom. The summed E-state index contributed by atoms with van der Waals surface area (Å²) in [5.41, 5.74) is 0.434. The van der Waals surface area contributed by atoms with Gasteiger partial charge in [0.2, 0.25) is 0 Å². The molecule has 1 fully saturated rings. The standard InChI is InChI=1S/C16H33N/c1-6-14-8-7-9-15(11-10-14)17-12-13(2)16(3,4)5/h13-15,17H,6-12H2,1-5H3. The van der Waals surface area contributed by atoms with Gasteiger partial charge >= 0.3 is 0 Å². The maximum absolute atomic E-state index is 3.81. The normalized spacial score (nSPS) is 28.8. The zero-order chi connectivity index (χ0) is 12.9. The van der Waals surface area contributed by atoms with Gasteiger partial charge in [-0.05, 0) is 43.1 Å². The third-order valence-corrected chi connectivity index (χ3v) is 4.86. The Morgan fingerprint density at radius 2 is 1.82 bits per heavy atom. The summed E-state index contributed by atoms with van der Waals surface area (Å²) in [6.45, 7) is 12.9. The first-order valence-electron chi connectivity index (χ1n) is 7.66. The van der Waals surface area contributed by atoms with Crippen molar-refractivity contribution in [1.29, 1.82) is 0 Å². The fraction of sp³-hybridized carbons (Fsp3) is 1.00. The summed E-state index contributed by atoms with van der Waals surface area (Å²) < 4.78 is 0. The van der Waals surface area contributed by atoms with Crippen LogP contribution in [0.5, 0.6) is 0 Å². The Bertz CT molecular complexity index is 204. The first-order valence-corrected chi connectivity index (χ1v) is 7.66. The molecule has 102 valence electrons. The Balaban J connectivity index is 2.28. The van der Waals surface area contributed by atoms with Crippen LogP contribution in [-0.4, -0.2) is 12.6 Å². The topological polar surface area (TPSA) is 12.0 Å². The molecule has 1 heteroatoms. The van der Waals surface area contributed by atoms with Crippen LogP contribution in [0.4, 0.5) is 0 Å². The SMILES string of the molecule is CCC1CCCC(NCC(C)C(C)(C)C)CC1. The smallest absolute Gasteiger partial charge is 0.00672 e. The van der Waals surface area contributed by atoms with E-state index in [2.05, 4.69) is 39.9 Å². The van der Waals surface area contributed by atoms with Crippen molar-refractivity contribution in [1.82, 2.24) is 5.32 Å². The van der Waals surface area contributed by atoms with E-state index in [1.807, 2.05) is 0 Å². The quantitative estimate of drug-likeness (QED) is 0.706. The maximum Gasteiger partial charge on any atom is 0.00672 e. The second-order valence-corrected chi connectivity index (χ2v) is 7.15. The molecule has 3 unspecified atom stereocenters. The summed E-state index contributed by atoms with van der Waals surface area (Å²) in [5, 5.41) is 3.81. The molecule has 0 aromatic heterocycles. The van der Waals surface area contributed by atoms with E-state index < -0.39 is 0 Å². The molecule has 0 aliphatic heterocycles. The van der Waals surface area contributed by atoms with Crippen LogP contribution in [0.2, 0.25) is 0 Å². The van der Waals surface area contributed by atoms with E-state index in [-0.39, 0.29) is 0 Å². The average molecular weight is 239 g/mol. The van der Waals surface area contributed by atoms with Crippen molar-refractivity contribution in [3.05, 3.63) is 0 Å². The number of nitrogens with one attached hydrogen (secondary N) is 1. The minimum Gasteiger partial charge on any atom is -0.314 e. The molecule has 1 aliphatic carbocycles. The zero-order valence-corrected chi connectivity index (χ0v) is 12.7. The molecule has 1 saturated carbocycles. The molecular formula is C16H33N. The average Bonchev–Trinajstić information content (AvgIpc) is 2.49. The van der Waals surface area contributed by atoms with Gasteiger partial charge < -0.3 is 5.32 Å². The van der Waals surface area contributed by atoms with Crippen LogP contribution in [0.15, 0.2) is 0 Å². The molecule has 1 nitrogen and oxygen atoms in total. The Morgan fingerprint density at radius 3 is 2.41 bits per heavy atom. The first-order chi connectivity index (χ1) is 7.93. The van der Waals surface area contributed by atoms with E-state index in [1.54, 1.807) is 0 Å². The fourth-order valence-corrected chi connectivity index (χ4v) is 2.64. The molecule has 0 aromatic carbocycles. The molecule has 1 rings (SSSR count). The summed E-state index contributed by atoms with van der Waals surface area (Å²) in [7, 11) is 0. The van der Waals surface area contributed by atoms with Crippen molar-refractivity contribution < 1.29 is 0 Å². The minimum atomic E-state index is 0.434. The molecule has 0 spiro atoms. The van der Waals surface area contributed by atoms with E-state index in [4.69, 9.17) is 0 Å². The van der Waals surface area contributed by atoms with Gasteiger partial charge in [-0.1, -0.05) is 53.9 Å². The van der Waals surface area contributed by atoms with Crippen LogP contribution in [0, 0.1) is 17.3 Å². The molecule has 1 aliphatic rings. The van der Waals surface area contributed by atoms with Crippen molar-refractivity contribution in [3.63, 3.8) is 0 Å². The monoisotopic (exact) mass is 239 g/mol. The maximum atomic E-state index is 3.81. The third-order valence-electron chi connectivity index (χ3n) is 4.86. The van der Waals surface area contributed by atoms with Gasteiger partial charge in [0.15, 0.2) is 0 Å². The molecule has 0 aromatic rings. The second kappa shape index (κ2) is 6.78. The lowest BCUT2D eigenvalue weighted by molar-refractivity contribution is 0.241. The lowest BCUT2D eigenvalue weighted by atomic mass is 9.82. The van der Waals surface area contributed by atoms with Crippen molar-refractivity contribution in [2.24, 2.45) is 17.3 Å². The van der Waals surface area contributed by atoms with E-state index in [1.165, 1.54) is 45.1 Å². The molecule has 0 saturated heterocycles. The van der Waals surface area contributed by atoms with Crippen LogP contribution in [0.3, 0.4) is 0 Å². The van der Waals surface area contributed by atoms with Gasteiger partial charge in [0.05, 0.1) is 0 Å². The molecular weight excluding hydrogens is 206 g/mol. The predicted octanol–water partition coefficient (Wildman–Crippen LogP) is 4.62. The Kier molecular flexibility index (Phi) is 5.99. The third kappa shape index (κ3) is 5.42. The Hall–Kier alpha value is -0.0400. The van der Waals surface area contributed by atoms with Crippen molar-refractivity contribution in [2.45, 2.75) is 79.2 Å². The first kappa shape index (κ1) is 15.0. The van der Waals surface area contributed by atoms with Crippen LogP contribution < -0.4 is 5.32 Å². The largest absolute Gasteiger partial charge is 0.314 e. The van der Waals surface area contributed by atoms with E-state index >= 15 is 0 Å². The summed E-state index contributed by atoms with van der Waals surface area (Å²) in [5.74, 6) is 1.76. The summed E-state index contributed by atoms with van der Waals surface area (Å²) >= 11 is 0. The summed E-state index contributed by atoms with van der Waals surface area (Å²) in [6.07, 6.45) is 8.51. The second-order valence-electron chi connectivity index (χ2n) is 7.15. The van der Waals surface area contributed by atoms with Gasteiger partial charge in [0.25, 0.3) is 0 Å². The highest BCUT2D eigenvalue weighted by molar-refractivity contribution is 4.78. The van der Waals surface area contributed by atoms with E-state index in [0.29, 0.717) is 5.41 Å². The van der Waals surface area contributed by atoms with Crippen molar-refractivity contribution in [3.8, 4) is 0 Å². The fourth-order valence-electron chi connectivity index (χ4n) is 2.64. The number of hydrogen-bond donors (Lipinski definition) is 1. The lowest BCUT2D eigenvalue weighted by Crippen LogP contribution is -2.36. The lowest BCUT2D eigenvalue weighted by Gasteiger charge is -2.29. The van der Waals surface area contributed by atoms with Crippen molar-refractivity contribution >= 4 is 0 Å². The molecule has 1 N–H and O–H groups in total. The molecule has 17 heavy (non-hydrogen) atoms. The number of rotatable bonds is 4. The van der Waals surface area contributed by atoms with Gasteiger partial charge in [-0.25, -0.2) is 0 Å². The minimum absolute atomic E-state index is 0.434. The molecule has 3 atom stereocenters. The van der Waals surface area contributed by atoms with Gasteiger partial charge in [-0.2, -0.15) is 0 Å². The predicted molar refractivity (Wildman–Crippen MR) is 77.3 cm³/mol. The zero-order valence-electron chi connectivity index (χ0n) is 12.7. The number of hydrogen-bond acceptors (Lipinski definition) is 1. The molecule has 0 amide bonds. The van der Waals surface area contributed by atoms with E-state index in [0.717, 1.165) is 17.9 Å². The summed E-state index contributed by atoms with van der Waals surface area (Å²) in [6, 6.07) is 0.788. The highest BCUT2D eigenvalue weighted by Crippen LogP contribution is 2.27. The van der Waals surface area contributed by atoms with Gasteiger partial charge in [-0.3, -0.25) is 0 Å². The highest BCUT2D eigenvalue weighted by Gasteiger charge is 2.22. The highest BCUT2D eigenvalue weighted by atomic mass is 14.9. The molecule has 0 radical (unpaired) electrons. The van der Waals surface area contributed by atoms with Gasteiger partial charge in [0, 0.05) is 6.04 Å². The van der Waals surface area contributed by atoms with Crippen molar-refractivity contribution in [2.75, 3.05) is 6.54 Å². The summed E-state index contributed by atoms with van der Waals surface area (Å²) in [4.78, 5) is 0.